The van der Waals surface area contributed by atoms with E-state index in [1.807, 2.05) is 20.8 Å². The Morgan fingerprint density at radius 2 is 2.00 bits per heavy atom. The first-order chi connectivity index (χ1) is 9.28. The van der Waals surface area contributed by atoms with Crippen LogP contribution in [0.3, 0.4) is 0 Å². The Morgan fingerprint density at radius 1 is 1.35 bits per heavy atom. The van der Waals surface area contributed by atoms with Crippen molar-refractivity contribution in [2.24, 2.45) is 0 Å². The summed E-state index contributed by atoms with van der Waals surface area (Å²) in [4.78, 5) is 14.1. The number of ether oxygens (including phenoxy) is 2. The third-order valence-electron chi connectivity index (χ3n) is 3.78. The molecule has 2 fully saturated rings. The van der Waals surface area contributed by atoms with Gasteiger partial charge in [-0.15, -0.1) is 0 Å². The molecule has 20 heavy (non-hydrogen) atoms. The lowest BCUT2D eigenvalue weighted by atomic mass is 10.0. The molecule has 116 valence electrons. The first-order valence-corrected chi connectivity index (χ1v) is 7.63. The molecule has 1 spiro atoms. The van der Waals surface area contributed by atoms with Crippen molar-refractivity contribution in [1.82, 2.24) is 10.2 Å². The fourth-order valence-electron chi connectivity index (χ4n) is 2.82. The molecule has 0 saturated carbocycles. The smallest absolute Gasteiger partial charge is 0.221 e. The summed E-state index contributed by atoms with van der Waals surface area (Å²) in [5.74, 6) is -0.219. The van der Waals surface area contributed by atoms with Crippen LogP contribution in [0.1, 0.15) is 47.0 Å². The molecule has 0 aliphatic carbocycles. The van der Waals surface area contributed by atoms with Gasteiger partial charge in [-0.25, -0.2) is 0 Å². The van der Waals surface area contributed by atoms with Crippen LogP contribution in [0.4, 0.5) is 0 Å². The predicted octanol–water partition coefficient (Wildman–Crippen LogP) is 1.52. The highest BCUT2D eigenvalue weighted by Crippen LogP contribution is 2.33. The zero-order chi connectivity index (χ0) is 14.8. The van der Waals surface area contributed by atoms with E-state index in [-0.39, 0.29) is 23.3 Å². The molecule has 1 amide bonds. The summed E-state index contributed by atoms with van der Waals surface area (Å²) in [6.45, 7) is 11.5. The number of likely N-dealkylation sites (tertiary alicyclic amines) is 1. The molecule has 1 N–H and O–H groups in total. The van der Waals surface area contributed by atoms with Crippen molar-refractivity contribution in [2.45, 2.75) is 64.4 Å². The summed E-state index contributed by atoms with van der Waals surface area (Å²) in [6.07, 6.45) is 2.57. The van der Waals surface area contributed by atoms with Gasteiger partial charge in [0.1, 0.15) is 0 Å². The second-order valence-corrected chi connectivity index (χ2v) is 7.04. The lowest BCUT2D eigenvalue weighted by molar-refractivity contribution is -0.193. The zero-order valence-corrected chi connectivity index (χ0v) is 13.2. The molecule has 0 bridgehead atoms. The summed E-state index contributed by atoms with van der Waals surface area (Å²) in [7, 11) is 0. The van der Waals surface area contributed by atoms with E-state index < -0.39 is 0 Å². The Labute approximate surface area is 122 Å². The molecular weight excluding hydrogens is 256 g/mol. The molecule has 2 aliphatic rings. The summed E-state index contributed by atoms with van der Waals surface area (Å²) < 4.78 is 11.7. The fourth-order valence-corrected chi connectivity index (χ4v) is 2.82. The van der Waals surface area contributed by atoms with E-state index in [0.29, 0.717) is 13.0 Å². The Balaban J connectivity index is 1.69. The number of nitrogens with zero attached hydrogens (tertiary/aromatic N) is 1. The fraction of sp³-hybridized carbons (Fsp3) is 0.933. The van der Waals surface area contributed by atoms with Crippen molar-refractivity contribution in [2.75, 3.05) is 26.2 Å². The summed E-state index contributed by atoms with van der Waals surface area (Å²) in [5, 5.41) is 3.00. The number of carbonyl (C=O) groups is 1. The van der Waals surface area contributed by atoms with Crippen LogP contribution >= 0.6 is 0 Å². The molecule has 0 radical (unpaired) electrons. The maximum absolute atomic E-state index is 11.8. The van der Waals surface area contributed by atoms with Crippen molar-refractivity contribution in [3.8, 4) is 0 Å². The third-order valence-corrected chi connectivity index (χ3v) is 3.78. The topological polar surface area (TPSA) is 50.8 Å². The number of amides is 1. The van der Waals surface area contributed by atoms with E-state index >= 15 is 0 Å². The molecule has 2 rings (SSSR count). The van der Waals surface area contributed by atoms with Crippen LogP contribution in [0, 0.1) is 0 Å². The lowest BCUT2D eigenvalue weighted by Crippen LogP contribution is -2.47. The SMILES string of the molecule is C[C@H]1COC2(CCN(CCC(=O)NC(C)(C)C)CC2)O1. The average Bonchev–Trinajstić information content (AvgIpc) is 2.68. The summed E-state index contributed by atoms with van der Waals surface area (Å²) in [6, 6.07) is 0. The Hall–Kier alpha value is -0.650. The lowest BCUT2D eigenvalue weighted by Gasteiger charge is -2.37. The van der Waals surface area contributed by atoms with Gasteiger partial charge in [0.05, 0.1) is 12.7 Å². The van der Waals surface area contributed by atoms with E-state index in [9.17, 15) is 4.79 Å². The number of nitrogens with one attached hydrogen (secondary N) is 1. The van der Waals surface area contributed by atoms with Crippen LogP contribution in [0.15, 0.2) is 0 Å². The Bertz CT molecular complexity index is 344. The molecule has 0 aromatic heterocycles. The average molecular weight is 284 g/mol. The molecule has 5 nitrogen and oxygen atoms in total. The Morgan fingerprint density at radius 3 is 2.50 bits per heavy atom. The largest absolute Gasteiger partial charge is 0.351 e. The van der Waals surface area contributed by atoms with Crippen LogP contribution in [0.5, 0.6) is 0 Å². The molecule has 2 heterocycles. The van der Waals surface area contributed by atoms with Crippen LogP contribution in [0.2, 0.25) is 0 Å². The van der Waals surface area contributed by atoms with Crippen LogP contribution in [0.25, 0.3) is 0 Å². The van der Waals surface area contributed by atoms with Gasteiger partial charge < -0.3 is 19.7 Å². The van der Waals surface area contributed by atoms with Crippen LogP contribution < -0.4 is 5.32 Å². The highest BCUT2D eigenvalue weighted by atomic mass is 16.7. The van der Waals surface area contributed by atoms with Gasteiger partial charge in [0, 0.05) is 44.4 Å². The van der Waals surface area contributed by atoms with Gasteiger partial charge in [-0.2, -0.15) is 0 Å². The maximum atomic E-state index is 11.8. The second-order valence-electron chi connectivity index (χ2n) is 7.04. The molecule has 0 aromatic rings. The van der Waals surface area contributed by atoms with E-state index in [2.05, 4.69) is 17.1 Å². The minimum absolute atomic E-state index is 0.125. The third kappa shape index (κ3) is 4.43. The van der Waals surface area contributed by atoms with Crippen molar-refractivity contribution < 1.29 is 14.3 Å². The number of hydrogen-bond acceptors (Lipinski definition) is 4. The summed E-state index contributed by atoms with van der Waals surface area (Å²) in [5.41, 5.74) is -0.148. The standard InChI is InChI=1S/C15H28N2O3/c1-12-11-19-15(20-12)6-9-17(10-7-15)8-5-13(18)16-14(2,3)4/h12H,5-11H2,1-4H3,(H,16,18)/t12-/m0/s1. The van der Waals surface area contributed by atoms with Crippen molar-refractivity contribution in [1.29, 1.82) is 0 Å². The monoisotopic (exact) mass is 284 g/mol. The second kappa shape index (κ2) is 6.00. The minimum atomic E-state index is -0.344. The van der Waals surface area contributed by atoms with E-state index in [1.165, 1.54) is 0 Å². The van der Waals surface area contributed by atoms with Crippen molar-refractivity contribution >= 4 is 5.91 Å². The Kier molecular flexibility index (Phi) is 4.72. The van der Waals surface area contributed by atoms with Crippen LogP contribution in [-0.2, 0) is 14.3 Å². The van der Waals surface area contributed by atoms with Crippen molar-refractivity contribution in [3.05, 3.63) is 0 Å². The minimum Gasteiger partial charge on any atom is -0.351 e. The molecule has 2 aliphatic heterocycles. The number of carbonyl (C=O) groups excluding carboxylic acids is 1. The molecule has 0 aromatic carbocycles. The van der Waals surface area contributed by atoms with Crippen LogP contribution in [-0.4, -0.2) is 54.5 Å². The van der Waals surface area contributed by atoms with Gasteiger partial charge in [-0.3, -0.25) is 4.79 Å². The molecule has 2 saturated heterocycles. The molecule has 1 atom stereocenters. The zero-order valence-electron chi connectivity index (χ0n) is 13.2. The quantitative estimate of drug-likeness (QED) is 0.853. The maximum Gasteiger partial charge on any atom is 0.221 e. The van der Waals surface area contributed by atoms with Gasteiger partial charge in [-0.1, -0.05) is 0 Å². The van der Waals surface area contributed by atoms with Gasteiger partial charge in [0.2, 0.25) is 5.91 Å². The van der Waals surface area contributed by atoms with Crippen molar-refractivity contribution in [3.63, 3.8) is 0 Å². The first kappa shape index (κ1) is 15.7. The highest BCUT2D eigenvalue weighted by Gasteiger charge is 2.42. The normalized spacial score (nSPS) is 26.9. The van der Waals surface area contributed by atoms with Gasteiger partial charge in [0.15, 0.2) is 5.79 Å². The van der Waals surface area contributed by atoms with E-state index in [4.69, 9.17) is 9.47 Å². The van der Waals surface area contributed by atoms with E-state index in [0.717, 1.165) is 32.5 Å². The molecular formula is C15H28N2O3. The predicted molar refractivity (Wildman–Crippen MR) is 77.4 cm³/mol. The number of piperidine rings is 1. The highest BCUT2D eigenvalue weighted by molar-refractivity contribution is 5.76. The molecule has 0 unspecified atom stereocenters. The van der Waals surface area contributed by atoms with E-state index in [1.54, 1.807) is 0 Å². The van der Waals surface area contributed by atoms with Gasteiger partial charge in [0.25, 0.3) is 0 Å². The number of rotatable bonds is 3. The first-order valence-electron chi connectivity index (χ1n) is 7.63. The number of hydrogen-bond donors (Lipinski definition) is 1. The van der Waals surface area contributed by atoms with Gasteiger partial charge >= 0.3 is 0 Å². The van der Waals surface area contributed by atoms with Gasteiger partial charge in [-0.05, 0) is 27.7 Å². The summed E-state index contributed by atoms with van der Waals surface area (Å²) >= 11 is 0. The molecule has 5 heteroatoms.